The monoisotopic (exact) mass is 397 g/mol. The van der Waals surface area contributed by atoms with Crippen LogP contribution in [-0.2, 0) is 0 Å². The Labute approximate surface area is 165 Å². The summed E-state index contributed by atoms with van der Waals surface area (Å²) in [4.78, 5) is 29.5. The topological polar surface area (TPSA) is 89.5 Å². The Kier molecular flexibility index (Phi) is 4.83. The van der Waals surface area contributed by atoms with Crippen LogP contribution in [0.2, 0.25) is 5.02 Å². The van der Waals surface area contributed by atoms with Gasteiger partial charge in [0.05, 0.1) is 21.7 Å². The quantitative estimate of drug-likeness (QED) is 0.462. The lowest BCUT2D eigenvalue weighted by atomic mass is 10.1. The molecule has 1 amide bonds. The summed E-state index contributed by atoms with van der Waals surface area (Å²) in [5.74, 6) is 0.376. The van der Waals surface area contributed by atoms with Crippen LogP contribution < -0.4 is 0 Å². The van der Waals surface area contributed by atoms with Crippen LogP contribution in [0.5, 0.6) is 0 Å². The van der Waals surface area contributed by atoms with E-state index in [-0.39, 0.29) is 28.4 Å². The highest BCUT2D eigenvalue weighted by atomic mass is 35.5. The third-order valence-corrected chi connectivity index (χ3v) is 5.10. The Morgan fingerprint density at radius 3 is 2.82 bits per heavy atom. The normalized spacial score (nSPS) is 16.3. The molecule has 1 aliphatic heterocycles. The number of benzene rings is 1. The molecule has 1 atom stereocenters. The minimum absolute atomic E-state index is 0.0785. The zero-order valence-corrected chi connectivity index (χ0v) is 15.5. The molecule has 0 spiro atoms. The van der Waals surface area contributed by atoms with Crippen molar-refractivity contribution >= 4 is 23.2 Å². The maximum Gasteiger partial charge on any atom is 0.290 e. The van der Waals surface area contributed by atoms with Crippen molar-refractivity contribution in [3.63, 3.8) is 0 Å². The second-order valence-corrected chi connectivity index (χ2v) is 6.90. The first-order chi connectivity index (χ1) is 13.5. The Balaban J connectivity index is 1.59. The van der Waals surface area contributed by atoms with E-state index in [0.29, 0.717) is 17.9 Å². The van der Waals surface area contributed by atoms with Gasteiger partial charge < -0.3 is 9.32 Å². The number of hydrogen-bond donors (Lipinski definition) is 0. The molecule has 1 saturated heterocycles. The lowest BCUT2D eigenvalue weighted by Crippen LogP contribution is -2.30. The molecule has 8 heteroatoms. The SMILES string of the molecule is O=C(c1ccc(-c2ccc([N+](=O)[O-])cc2Cl)o1)N1CCC[C@@H]1c1ccccn1. The molecule has 0 saturated carbocycles. The van der Waals surface area contributed by atoms with Gasteiger partial charge in [0.2, 0.25) is 0 Å². The van der Waals surface area contributed by atoms with E-state index in [4.69, 9.17) is 16.0 Å². The number of furan rings is 1. The molecule has 7 nitrogen and oxygen atoms in total. The fourth-order valence-electron chi connectivity index (χ4n) is 3.45. The number of halogens is 1. The predicted octanol–water partition coefficient (Wildman–Crippen LogP) is 4.88. The summed E-state index contributed by atoms with van der Waals surface area (Å²) in [7, 11) is 0. The molecular weight excluding hydrogens is 382 g/mol. The van der Waals surface area contributed by atoms with Crippen LogP contribution in [-0.4, -0.2) is 27.3 Å². The maximum atomic E-state index is 13.0. The lowest BCUT2D eigenvalue weighted by molar-refractivity contribution is -0.384. The first kappa shape index (κ1) is 18.2. The third kappa shape index (κ3) is 3.36. The van der Waals surface area contributed by atoms with Gasteiger partial charge in [0.25, 0.3) is 11.6 Å². The van der Waals surface area contributed by atoms with Crippen LogP contribution in [0.1, 0.15) is 35.1 Å². The molecule has 142 valence electrons. The summed E-state index contributed by atoms with van der Waals surface area (Å²) in [6.45, 7) is 0.633. The van der Waals surface area contributed by atoms with Crippen LogP contribution in [0, 0.1) is 10.1 Å². The Morgan fingerprint density at radius 2 is 2.11 bits per heavy atom. The second-order valence-electron chi connectivity index (χ2n) is 6.50. The number of amides is 1. The lowest BCUT2D eigenvalue weighted by Gasteiger charge is -2.23. The Morgan fingerprint density at radius 1 is 1.25 bits per heavy atom. The minimum Gasteiger partial charge on any atom is -0.451 e. The Hall–Kier alpha value is -3.19. The largest absolute Gasteiger partial charge is 0.451 e. The van der Waals surface area contributed by atoms with E-state index >= 15 is 0 Å². The van der Waals surface area contributed by atoms with Gasteiger partial charge >= 0.3 is 0 Å². The molecule has 0 N–H and O–H groups in total. The fraction of sp³-hybridized carbons (Fsp3) is 0.200. The molecule has 0 unspecified atom stereocenters. The van der Waals surface area contributed by atoms with E-state index in [1.54, 1.807) is 23.2 Å². The van der Waals surface area contributed by atoms with Gasteiger partial charge in [0, 0.05) is 30.4 Å². The molecule has 1 fully saturated rings. The summed E-state index contributed by atoms with van der Waals surface area (Å²) in [6.07, 6.45) is 3.47. The van der Waals surface area contributed by atoms with Crippen LogP contribution in [0.4, 0.5) is 5.69 Å². The number of likely N-dealkylation sites (tertiary alicyclic amines) is 1. The van der Waals surface area contributed by atoms with Gasteiger partial charge in [0.1, 0.15) is 5.76 Å². The Bertz CT molecular complexity index is 1030. The standard InChI is InChI=1S/C20H16ClN3O4/c21-15-12-13(24(26)27)6-7-14(15)18-8-9-19(28-18)20(25)23-11-3-5-17(23)16-4-1-2-10-22-16/h1-2,4,6-10,12,17H,3,5,11H2/t17-/m1/s1. The number of aromatic nitrogens is 1. The van der Waals surface area contributed by atoms with Crippen LogP contribution in [0.25, 0.3) is 11.3 Å². The van der Waals surface area contributed by atoms with Crippen LogP contribution in [0.3, 0.4) is 0 Å². The van der Waals surface area contributed by atoms with Gasteiger partial charge in [-0.25, -0.2) is 0 Å². The highest BCUT2D eigenvalue weighted by molar-refractivity contribution is 6.33. The average molecular weight is 398 g/mol. The van der Waals surface area contributed by atoms with Gasteiger partial charge in [-0.15, -0.1) is 0 Å². The summed E-state index contributed by atoms with van der Waals surface area (Å²) in [5, 5.41) is 11.0. The van der Waals surface area contributed by atoms with Crippen molar-refractivity contribution in [3.8, 4) is 11.3 Å². The molecule has 0 aliphatic carbocycles. The predicted molar refractivity (Wildman–Crippen MR) is 103 cm³/mol. The molecule has 28 heavy (non-hydrogen) atoms. The number of non-ortho nitro benzene ring substituents is 1. The van der Waals surface area contributed by atoms with E-state index in [2.05, 4.69) is 4.98 Å². The van der Waals surface area contributed by atoms with E-state index in [0.717, 1.165) is 18.5 Å². The molecule has 1 aromatic carbocycles. The fourth-order valence-corrected chi connectivity index (χ4v) is 3.71. The summed E-state index contributed by atoms with van der Waals surface area (Å²) in [6, 6.07) is 13.0. The van der Waals surface area contributed by atoms with Crippen molar-refractivity contribution in [1.29, 1.82) is 0 Å². The van der Waals surface area contributed by atoms with E-state index in [9.17, 15) is 14.9 Å². The maximum absolute atomic E-state index is 13.0. The summed E-state index contributed by atoms with van der Waals surface area (Å²) < 4.78 is 5.74. The van der Waals surface area contributed by atoms with E-state index in [1.807, 2.05) is 18.2 Å². The molecule has 4 rings (SSSR count). The van der Waals surface area contributed by atoms with Crippen molar-refractivity contribution in [2.75, 3.05) is 6.54 Å². The molecule has 0 radical (unpaired) electrons. The van der Waals surface area contributed by atoms with E-state index < -0.39 is 4.92 Å². The molecule has 3 heterocycles. The summed E-state index contributed by atoms with van der Waals surface area (Å²) in [5.41, 5.74) is 1.25. The smallest absolute Gasteiger partial charge is 0.290 e. The number of nitrogens with zero attached hydrogens (tertiary/aromatic N) is 3. The number of pyridine rings is 1. The molecule has 0 bridgehead atoms. The van der Waals surface area contributed by atoms with Crippen LogP contribution >= 0.6 is 11.6 Å². The average Bonchev–Trinajstić information content (AvgIpc) is 3.38. The van der Waals surface area contributed by atoms with Gasteiger partial charge in [-0.05, 0) is 43.2 Å². The van der Waals surface area contributed by atoms with Crippen molar-refractivity contribution < 1.29 is 14.1 Å². The first-order valence-corrected chi connectivity index (χ1v) is 9.18. The zero-order chi connectivity index (χ0) is 19.7. The third-order valence-electron chi connectivity index (χ3n) is 4.79. The summed E-state index contributed by atoms with van der Waals surface area (Å²) >= 11 is 6.16. The number of carbonyl (C=O) groups is 1. The molecule has 3 aromatic rings. The van der Waals surface area contributed by atoms with Crippen molar-refractivity contribution in [2.24, 2.45) is 0 Å². The number of nitro benzene ring substituents is 1. The molecular formula is C20H16ClN3O4. The molecule has 1 aliphatic rings. The molecule has 2 aromatic heterocycles. The highest BCUT2D eigenvalue weighted by Gasteiger charge is 2.33. The van der Waals surface area contributed by atoms with E-state index in [1.165, 1.54) is 18.2 Å². The van der Waals surface area contributed by atoms with Crippen molar-refractivity contribution in [1.82, 2.24) is 9.88 Å². The van der Waals surface area contributed by atoms with Crippen LogP contribution in [0.15, 0.2) is 59.1 Å². The van der Waals surface area contributed by atoms with Gasteiger partial charge in [0.15, 0.2) is 5.76 Å². The highest BCUT2D eigenvalue weighted by Crippen LogP contribution is 2.35. The zero-order valence-electron chi connectivity index (χ0n) is 14.7. The number of carbonyl (C=O) groups excluding carboxylic acids is 1. The van der Waals surface area contributed by atoms with Gasteiger partial charge in [-0.3, -0.25) is 19.9 Å². The first-order valence-electron chi connectivity index (χ1n) is 8.80. The minimum atomic E-state index is -0.516. The van der Waals surface area contributed by atoms with Gasteiger partial charge in [-0.2, -0.15) is 0 Å². The number of hydrogen-bond acceptors (Lipinski definition) is 5. The number of nitro groups is 1. The van der Waals surface area contributed by atoms with Gasteiger partial charge in [-0.1, -0.05) is 17.7 Å². The van der Waals surface area contributed by atoms with Crippen molar-refractivity contribution in [3.05, 3.63) is 81.3 Å². The van der Waals surface area contributed by atoms with Crippen molar-refractivity contribution in [2.45, 2.75) is 18.9 Å². The number of rotatable bonds is 4. The second kappa shape index (κ2) is 7.44.